The number of hydrogen-bond donors (Lipinski definition) is 3. The largest absolute Gasteiger partial charge is 0.481 e. The van der Waals surface area contributed by atoms with Gasteiger partial charge >= 0.3 is 12.2 Å². The quantitative estimate of drug-likeness (QED) is 0.479. The monoisotopic (exact) mass is 482 g/mol. The zero-order valence-corrected chi connectivity index (χ0v) is 18.6. The molecule has 0 bridgehead atoms. The molecular formula is C21H25F3N6O4. The van der Waals surface area contributed by atoms with Crippen molar-refractivity contribution in [3.63, 3.8) is 0 Å². The zero-order chi connectivity index (χ0) is 24.9. The molecule has 3 rings (SSSR count). The summed E-state index contributed by atoms with van der Waals surface area (Å²) in [5, 5.41) is 5.12. The van der Waals surface area contributed by atoms with Crippen molar-refractivity contribution in [1.82, 2.24) is 25.5 Å². The molecule has 2 aromatic rings. The minimum atomic E-state index is -4.61. The van der Waals surface area contributed by atoms with Crippen molar-refractivity contribution in [1.29, 1.82) is 0 Å². The lowest BCUT2D eigenvalue weighted by Crippen LogP contribution is -2.43. The van der Waals surface area contributed by atoms with Gasteiger partial charge in [-0.05, 0) is 24.6 Å². The summed E-state index contributed by atoms with van der Waals surface area (Å²) >= 11 is 0. The Kier molecular flexibility index (Phi) is 7.76. The maximum absolute atomic E-state index is 12.9. The fraction of sp³-hybridized carbons (Fsp3) is 0.429. The summed E-state index contributed by atoms with van der Waals surface area (Å²) in [5.74, 6) is -0.926. The Morgan fingerprint density at radius 2 is 2.03 bits per heavy atom. The molecule has 1 saturated heterocycles. The summed E-state index contributed by atoms with van der Waals surface area (Å²) in [6, 6.07) is 2.50. The van der Waals surface area contributed by atoms with Crippen LogP contribution in [0.25, 0.3) is 0 Å². The van der Waals surface area contributed by atoms with Gasteiger partial charge in [0.1, 0.15) is 0 Å². The van der Waals surface area contributed by atoms with Crippen molar-refractivity contribution in [2.75, 3.05) is 39.6 Å². The first kappa shape index (κ1) is 25.0. The number of carbonyl (C=O) groups is 2. The smallest absolute Gasteiger partial charge is 0.416 e. The first-order valence-electron chi connectivity index (χ1n) is 10.3. The van der Waals surface area contributed by atoms with Crippen LogP contribution in [0.3, 0.4) is 0 Å². The predicted molar refractivity (Wildman–Crippen MR) is 115 cm³/mol. The van der Waals surface area contributed by atoms with Crippen LogP contribution in [0.15, 0.2) is 24.4 Å². The van der Waals surface area contributed by atoms with Crippen molar-refractivity contribution in [2.24, 2.45) is 0 Å². The van der Waals surface area contributed by atoms with E-state index in [4.69, 9.17) is 15.2 Å². The van der Waals surface area contributed by atoms with Gasteiger partial charge in [0.15, 0.2) is 0 Å². The number of amides is 2. The molecule has 1 fully saturated rings. The van der Waals surface area contributed by atoms with E-state index in [0.29, 0.717) is 38.0 Å². The fourth-order valence-electron chi connectivity index (χ4n) is 3.56. The van der Waals surface area contributed by atoms with Crippen LogP contribution in [0.5, 0.6) is 11.9 Å². The van der Waals surface area contributed by atoms with E-state index in [1.54, 1.807) is 6.20 Å². The van der Waals surface area contributed by atoms with E-state index in [-0.39, 0.29) is 23.3 Å². The maximum Gasteiger partial charge on any atom is 0.416 e. The van der Waals surface area contributed by atoms with Gasteiger partial charge in [-0.25, -0.2) is 4.98 Å². The summed E-state index contributed by atoms with van der Waals surface area (Å²) < 4.78 is 48.9. The van der Waals surface area contributed by atoms with Crippen molar-refractivity contribution < 1.29 is 32.2 Å². The highest BCUT2D eigenvalue weighted by atomic mass is 19.4. The van der Waals surface area contributed by atoms with Crippen LogP contribution in [0.1, 0.15) is 27.9 Å². The average Bonchev–Trinajstić information content (AvgIpc) is 3.23. The molecule has 0 radical (unpaired) electrons. The molecular weight excluding hydrogens is 457 g/mol. The number of halogens is 3. The molecule has 13 heteroatoms. The Bertz CT molecular complexity index is 1050. The maximum atomic E-state index is 12.9. The van der Waals surface area contributed by atoms with Crippen molar-refractivity contribution in [3.05, 3.63) is 41.1 Å². The van der Waals surface area contributed by atoms with Crippen molar-refractivity contribution in [3.8, 4) is 11.9 Å². The van der Waals surface area contributed by atoms with Gasteiger partial charge in [-0.2, -0.15) is 18.2 Å². The number of alkyl halides is 3. The third-order valence-electron chi connectivity index (χ3n) is 5.24. The van der Waals surface area contributed by atoms with E-state index in [9.17, 15) is 22.8 Å². The highest BCUT2D eigenvalue weighted by Gasteiger charge is 2.31. The van der Waals surface area contributed by atoms with E-state index in [2.05, 4.69) is 25.5 Å². The first-order valence-corrected chi connectivity index (χ1v) is 10.3. The Balaban J connectivity index is 1.50. The number of ether oxygens (including phenoxy) is 2. The minimum absolute atomic E-state index is 0.115. The lowest BCUT2D eigenvalue weighted by atomic mass is 10.1. The number of nitrogens with two attached hydrogens (primary N) is 1. The van der Waals surface area contributed by atoms with Gasteiger partial charge in [0.25, 0.3) is 5.91 Å². The van der Waals surface area contributed by atoms with Gasteiger partial charge in [-0.1, -0.05) is 0 Å². The van der Waals surface area contributed by atoms with Gasteiger partial charge < -0.3 is 25.8 Å². The molecule has 1 atom stereocenters. The summed E-state index contributed by atoms with van der Waals surface area (Å²) in [5.41, 5.74) is 4.94. The number of aromatic nitrogens is 2. The molecule has 34 heavy (non-hydrogen) atoms. The molecule has 2 heterocycles. The predicted octanol–water partition coefficient (Wildman–Crippen LogP) is 1.22. The van der Waals surface area contributed by atoms with E-state index in [0.717, 1.165) is 17.7 Å². The highest BCUT2D eigenvalue weighted by molar-refractivity contribution is 6.00. The van der Waals surface area contributed by atoms with Crippen molar-refractivity contribution in [2.45, 2.75) is 25.2 Å². The summed E-state index contributed by atoms with van der Waals surface area (Å²) in [6.45, 7) is 1.36. The van der Waals surface area contributed by atoms with Crippen LogP contribution in [0.2, 0.25) is 0 Å². The topological polar surface area (TPSA) is 132 Å². The SMILES string of the molecule is COc1ncc(CN2CC[C@@H](NC(=O)CNC(=O)c3cc(C(F)(F)F)ccc3N)C2)c(OC)n1. The second-order valence-corrected chi connectivity index (χ2v) is 7.66. The second kappa shape index (κ2) is 10.5. The van der Waals surface area contributed by atoms with Gasteiger partial charge in [-0.3, -0.25) is 14.5 Å². The number of methoxy groups -OCH3 is 2. The number of anilines is 1. The first-order chi connectivity index (χ1) is 16.1. The highest BCUT2D eigenvalue weighted by Crippen LogP contribution is 2.31. The van der Waals surface area contributed by atoms with E-state index < -0.39 is 30.1 Å². The lowest BCUT2D eigenvalue weighted by Gasteiger charge is -2.18. The van der Waals surface area contributed by atoms with Crippen LogP contribution >= 0.6 is 0 Å². The third-order valence-corrected chi connectivity index (χ3v) is 5.24. The number of carbonyl (C=O) groups excluding carboxylic acids is 2. The molecule has 10 nitrogen and oxygen atoms in total. The molecule has 1 aromatic carbocycles. The number of likely N-dealkylation sites (tertiary alicyclic amines) is 1. The molecule has 184 valence electrons. The summed E-state index contributed by atoms with van der Waals surface area (Å²) in [7, 11) is 2.96. The molecule has 1 aliphatic heterocycles. The van der Waals surface area contributed by atoms with Crippen LogP contribution in [-0.2, 0) is 17.5 Å². The third kappa shape index (κ3) is 6.25. The fourth-order valence-corrected chi connectivity index (χ4v) is 3.56. The minimum Gasteiger partial charge on any atom is -0.481 e. The second-order valence-electron chi connectivity index (χ2n) is 7.66. The molecule has 0 saturated carbocycles. The van der Waals surface area contributed by atoms with Crippen LogP contribution in [-0.4, -0.2) is 66.6 Å². The number of rotatable bonds is 8. The van der Waals surface area contributed by atoms with E-state index >= 15 is 0 Å². The van der Waals surface area contributed by atoms with E-state index in [1.807, 2.05) is 0 Å². The Morgan fingerprint density at radius 1 is 1.26 bits per heavy atom. The normalized spacial score (nSPS) is 16.2. The number of benzene rings is 1. The molecule has 4 N–H and O–H groups in total. The molecule has 0 unspecified atom stereocenters. The molecule has 0 aliphatic carbocycles. The number of nitrogen functional groups attached to an aromatic ring is 1. The van der Waals surface area contributed by atoms with Crippen molar-refractivity contribution >= 4 is 17.5 Å². The molecule has 0 spiro atoms. The standard InChI is InChI=1S/C21H25F3N6O4/c1-33-19-12(8-27-20(29-19)34-2)10-30-6-5-14(11-30)28-17(31)9-26-18(32)15-7-13(21(22,23)24)3-4-16(15)25/h3-4,7-8,14H,5-6,9-11,25H2,1-2H3,(H,26,32)(H,28,31)/t14-/m1/s1. The van der Waals surface area contributed by atoms with Gasteiger partial charge in [0.05, 0.1) is 31.9 Å². The molecule has 2 amide bonds. The Morgan fingerprint density at radius 3 is 2.71 bits per heavy atom. The van der Waals surface area contributed by atoms with E-state index in [1.165, 1.54) is 14.2 Å². The Hall–Kier alpha value is -3.61. The number of hydrogen-bond acceptors (Lipinski definition) is 8. The number of nitrogens with zero attached hydrogens (tertiary/aromatic N) is 3. The van der Waals surface area contributed by atoms with Crippen LogP contribution in [0.4, 0.5) is 18.9 Å². The van der Waals surface area contributed by atoms with Gasteiger partial charge in [0, 0.05) is 43.1 Å². The number of nitrogens with one attached hydrogen (secondary N) is 2. The average molecular weight is 482 g/mol. The van der Waals surface area contributed by atoms with Crippen LogP contribution in [0, 0.1) is 0 Å². The summed E-state index contributed by atoms with van der Waals surface area (Å²) in [4.78, 5) is 34.9. The van der Waals surface area contributed by atoms with Crippen LogP contribution < -0.4 is 25.8 Å². The lowest BCUT2D eigenvalue weighted by molar-refractivity contribution is -0.137. The Labute approximate surface area is 193 Å². The zero-order valence-electron chi connectivity index (χ0n) is 18.6. The summed E-state index contributed by atoms with van der Waals surface area (Å²) in [6.07, 6.45) is -2.32. The van der Waals surface area contributed by atoms with Gasteiger partial charge in [0.2, 0.25) is 11.8 Å². The van der Waals surface area contributed by atoms with Gasteiger partial charge in [-0.15, -0.1) is 0 Å². The molecule has 1 aromatic heterocycles. The molecule has 1 aliphatic rings.